The summed E-state index contributed by atoms with van der Waals surface area (Å²) in [5, 5.41) is 14.3. The molecule has 2 amide bonds. The number of benzene rings is 2. The molecule has 0 spiro atoms. The molecule has 0 aliphatic carbocycles. The minimum absolute atomic E-state index is 0.110. The Hall–Kier alpha value is -3.15. The lowest BCUT2D eigenvalue weighted by Crippen LogP contribution is -2.37. The Morgan fingerprint density at radius 1 is 0.923 bits per heavy atom. The third-order valence-corrected chi connectivity index (χ3v) is 4.09. The number of carboxylic acids is 1. The van der Waals surface area contributed by atoms with Gasteiger partial charge in [-0.1, -0.05) is 18.2 Å². The number of aryl methyl sites for hydroxylation is 2. The SMILES string of the molecule is Cc1ccc(C(=O)NCC(=O)NCCc2cccc(C(=O)O)c2)cc1C. The van der Waals surface area contributed by atoms with Crippen molar-refractivity contribution >= 4 is 17.8 Å². The van der Waals surface area contributed by atoms with Crippen molar-refractivity contribution in [2.45, 2.75) is 20.3 Å². The fraction of sp³-hybridized carbons (Fsp3) is 0.250. The zero-order valence-corrected chi connectivity index (χ0v) is 14.8. The molecule has 2 rings (SSSR count). The number of amides is 2. The molecule has 0 radical (unpaired) electrons. The summed E-state index contributed by atoms with van der Waals surface area (Å²) < 4.78 is 0. The third kappa shape index (κ3) is 5.44. The number of hydrogen-bond acceptors (Lipinski definition) is 3. The van der Waals surface area contributed by atoms with E-state index in [2.05, 4.69) is 10.6 Å². The Bertz CT molecular complexity index is 830. The van der Waals surface area contributed by atoms with E-state index < -0.39 is 5.97 Å². The first-order chi connectivity index (χ1) is 12.4. The van der Waals surface area contributed by atoms with E-state index in [4.69, 9.17) is 5.11 Å². The molecule has 0 aliphatic rings. The first-order valence-corrected chi connectivity index (χ1v) is 8.31. The van der Waals surface area contributed by atoms with Gasteiger partial charge in [0.05, 0.1) is 12.1 Å². The zero-order chi connectivity index (χ0) is 19.1. The van der Waals surface area contributed by atoms with Crippen LogP contribution in [-0.4, -0.2) is 36.0 Å². The van der Waals surface area contributed by atoms with E-state index in [0.717, 1.165) is 16.7 Å². The highest BCUT2D eigenvalue weighted by atomic mass is 16.4. The van der Waals surface area contributed by atoms with Crippen molar-refractivity contribution in [1.29, 1.82) is 0 Å². The molecule has 2 aromatic carbocycles. The maximum Gasteiger partial charge on any atom is 0.335 e. The molecule has 0 bridgehead atoms. The Morgan fingerprint density at radius 2 is 1.69 bits per heavy atom. The molecule has 0 heterocycles. The smallest absolute Gasteiger partial charge is 0.335 e. The van der Waals surface area contributed by atoms with Crippen LogP contribution in [0, 0.1) is 13.8 Å². The number of carboxylic acid groups (broad SMARTS) is 1. The van der Waals surface area contributed by atoms with Gasteiger partial charge in [0.15, 0.2) is 0 Å². The van der Waals surface area contributed by atoms with Crippen LogP contribution in [-0.2, 0) is 11.2 Å². The largest absolute Gasteiger partial charge is 0.478 e. The minimum Gasteiger partial charge on any atom is -0.478 e. The van der Waals surface area contributed by atoms with Crippen LogP contribution in [0.4, 0.5) is 0 Å². The van der Waals surface area contributed by atoms with Crippen LogP contribution in [0.2, 0.25) is 0 Å². The van der Waals surface area contributed by atoms with E-state index in [0.29, 0.717) is 18.5 Å². The van der Waals surface area contributed by atoms with Gasteiger partial charge >= 0.3 is 5.97 Å². The maximum atomic E-state index is 12.1. The second kappa shape index (κ2) is 8.80. The van der Waals surface area contributed by atoms with Crippen molar-refractivity contribution in [2.24, 2.45) is 0 Å². The van der Waals surface area contributed by atoms with Crippen LogP contribution >= 0.6 is 0 Å². The van der Waals surface area contributed by atoms with Gasteiger partial charge in [-0.05, 0) is 61.2 Å². The summed E-state index contributed by atoms with van der Waals surface area (Å²) in [5.74, 6) is -1.57. The van der Waals surface area contributed by atoms with Crippen LogP contribution in [0.15, 0.2) is 42.5 Å². The minimum atomic E-state index is -0.982. The Kier molecular flexibility index (Phi) is 6.49. The van der Waals surface area contributed by atoms with E-state index in [1.54, 1.807) is 30.3 Å². The van der Waals surface area contributed by atoms with Crippen molar-refractivity contribution < 1.29 is 19.5 Å². The van der Waals surface area contributed by atoms with Crippen LogP contribution in [0.1, 0.15) is 37.4 Å². The van der Waals surface area contributed by atoms with Crippen molar-refractivity contribution in [3.05, 3.63) is 70.3 Å². The summed E-state index contributed by atoms with van der Waals surface area (Å²) in [6.45, 7) is 4.15. The normalized spacial score (nSPS) is 10.2. The summed E-state index contributed by atoms with van der Waals surface area (Å²) in [5.41, 5.74) is 3.68. The van der Waals surface area contributed by atoms with Gasteiger partial charge in [0, 0.05) is 12.1 Å². The zero-order valence-electron chi connectivity index (χ0n) is 14.8. The van der Waals surface area contributed by atoms with Gasteiger partial charge < -0.3 is 15.7 Å². The van der Waals surface area contributed by atoms with Gasteiger partial charge in [-0.25, -0.2) is 4.79 Å². The first-order valence-electron chi connectivity index (χ1n) is 8.31. The predicted molar refractivity (Wildman–Crippen MR) is 98.4 cm³/mol. The molecular formula is C20H22N2O4. The van der Waals surface area contributed by atoms with Gasteiger partial charge in [-0.3, -0.25) is 9.59 Å². The average Bonchev–Trinajstić information content (AvgIpc) is 2.62. The summed E-state index contributed by atoms with van der Waals surface area (Å²) in [6, 6.07) is 12.0. The molecule has 0 fully saturated rings. The first kappa shape index (κ1) is 19.2. The average molecular weight is 354 g/mol. The van der Waals surface area contributed by atoms with E-state index in [1.807, 2.05) is 19.9 Å². The molecule has 0 atom stereocenters. The van der Waals surface area contributed by atoms with E-state index in [9.17, 15) is 14.4 Å². The third-order valence-electron chi connectivity index (χ3n) is 4.09. The Morgan fingerprint density at radius 3 is 2.38 bits per heavy atom. The van der Waals surface area contributed by atoms with Gasteiger partial charge in [-0.2, -0.15) is 0 Å². The number of carbonyl (C=O) groups is 3. The monoisotopic (exact) mass is 354 g/mol. The molecule has 3 N–H and O–H groups in total. The highest BCUT2D eigenvalue weighted by molar-refractivity contribution is 5.96. The summed E-state index contributed by atoms with van der Waals surface area (Å²) in [4.78, 5) is 34.8. The second-order valence-corrected chi connectivity index (χ2v) is 6.09. The molecule has 0 aliphatic heterocycles. The van der Waals surface area contributed by atoms with Crippen molar-refractivity contribution in [3.8, 4) is 0 Å². The molecule has 0 saturated heterocycles. The highest BCUT2D eigenvalue weighted by Gasteiger charge is 2.09. The van der Waals surface area contributed by atoms with Crippen LogP contribution < -0.4 is 10.6 Å². The standard InChI is InChI=1S/C20H22N2O4/c1-13-6-7-16(10-14(13)2)19(24)22-12-18(23)21-9-8-15-4-3-5-17(11-15)20(25)26/h3-7,10-11H,8-9,12H2,1-2H3,(H,21,23)(H,22,24)(H,25,26). The topological polar surface area (TPSA) is 95.5 Å². The molecule has 0 unspecified atom stereocenters. The summed E-state index contributed by atoms with van der Waals surface area (Å²) in [6.07, 6.45) is 0.512. The number of carbonyl (C=O) groups excluding carboxylic acids is 2. The summed E-state index contributed by atoms with van der Waals surface area (Å²) >= 11 is 0. The van der Waals surface area contributed by atoms with Crippen molar-refractivity contribution in [2.75, 3.05) is 13.1 Å². The van der Waals surface area contributed by atoms with Gasteiger partial charge in [0.2, 0.25) is 5.91 Å². The molecule has 136 valence electrons. The lowest BCUT2D eigenvalue weighted by molar-refractivity contribution is -0.120. The van der Waals surface area contributed by atoms with Crippen molar-refractivity contribution in [1.82, 2.24) is 10.6 Å². The fourth-order valence-corrected chi connectivity index (χ4v) is 2.41. The molecule has 6 nitrogen and oxygen atoms in total. The second-order valence-electron chi connectivity index (χ2n) is 6.09. The lowest BCUT2D eigenvalue weighted by Gasteiger charge is -2.08. The van der Waals surface area contributed by atoms with Crippen LogP contribution in [0.25, 0.3) is 0 Å². The Labute approximate surface area is 152 Å². The van der Waals surface area contributed by atoms with Gasteiger partial charge in [0.25, 0.3) is 5.91 Å². The highest BCUT2D eigenvalue weighted by Crippen LogP contribution is 2.09. The number of nitrogens with one attached hydrogen (secondary N) is 2. The number of rotatable bonds is 7. The van der Waals surface area contributed by atoms with E-state index in [-0.39, 0.29) is 23.9 Å². The summed E-state index contributed by atoms with van der Waals surface area (Å²) in [7, 11) is 0. The predicted octanol–water partition coefficient (Wildman–Crippen LogP) is 2.09. The van der Waals surface area contributed by atoms with E-state index in [1.165, 1.54) is 6.07 Å². The lowest BCUT2D eigenvalue weighted by atomic mass is 10.1. The molecule has 6 heteroatoms. The fourth-order valence-electron chi connectivity index (χ4n) is 2.41. The number of hydrogen-bond donors (Lipinski definition) is 3. The van der Waals surface area contributed by atoms with Gasteiger partial charge in [0.1, 0.15) is 0 Å². The molecule has 2 aromatic rings. The molecule has 0 saturated carbocycles. The molecule has 0 aromatic heterocycles. The molecular weight excluding hydrogens is 332 g/mol. The van der Waals surface area contributed by atoms with Crippen LogP contribution in [0.3, 0.4) is 0 Å². The van der Waals surface area contributed by atoms with E-state index >= 15 is 0 Å². The Balaban J connectivity index is 1.76. The van der Waals surface area contributed by atoms with Crippen LogP contribution in [0.5, 0.6) is 0 Å². The van der Waals surface area contributed by atoms with Gasteiger partial charge in [-0.15, -0.1) is 0 Å². The molecule has 26 heavy (non-hydrogen) atoms. The number of aromatic carboxylic acids is 1. The van der Waals surface area contributed by atoms with Crippen molar-refractivity contribution in [3.63, 3.8) is 0 Å². The quantitative estimate of drug-likeness (QED) is 0.709. The maximum absolute atomic E-state index is 12.1.